The van der Waals surface area contributed by atoms with Gasteiger partial charge in [0.15, 0.2) is 11.5 Å². The third-order valence-electron chi connectivity index (χ3n) is 5.00. The molecule has 166 valence electrons. The first-order valence-electron chi connectivity index (χ1n) is 10.5. The Hall–Kier alpha value is -4.26. The van der Waals surface area contributed by atoms with E-state index < -0.39 is 5.97 Å². The van der Waals surface area contributed by atoms with E-state index in [1.165, 1.54) is 4.68 Å². The maximum atomic E-state index is 12.8. The minimum atomic E-state index is -0.471. The van der Waals surface area contributed by atoms with E-state index in [1.54, 1.807) is 61.7 Å². The van der Waals surface area contributed by atoms with Crippen LogP contribution in [0.15, 0.2) is 76.6 Å². The van der Waals surface area contributed by atoms with Crippen molar-refractivity contribution in [3.63, 3.8) is 0 Å². The predicted molar refractivity (Wildman–Crippen MR) is 127 cm³/mol. The number of ether oxygens (including phenoxy) is 2. The van der Waals surface area contributed by atoms with Crippen molar-refractivity contribution in [2.75, 3.05) is 6.61 Å². The second-order valence-electron chi connectivity index (χ2n) is 7.43. The Labute approximate surface area is 190 Å². The second kappa shape index (κ2) is 9.48. The minimum absolute atomic E-state index is 0.247. The number of para-hydroxylation sites is 1. The number of fused-ring (bicyclic) bond motifs is 1. The van der Waals surface area contributed by atoms with Crippen molar-refractivity contribution in [3.05, 3.63) is 99.6 Å². The number of benzene rings is 3. The summed E-state index contributed by atoms with van der Waals surface area (Å²) in [7, 11) is 0. The number of nitrogens with zero attached hydrogens (tertiary/aromatic N) is 3. The van der Waals surface area contributed by atoms with Crippen molar-refractivity contribution in [2.24, 2.45) is 5.10 Å². The fraction of sp³-hybridized carbons (Fsp3) is 0.154. The summed E-state index contributed by atoms with van der Waals surface area (Å²) < 4.78 is 12.5. The Morgan fingerprint density at radius 3 is 2.55 bits per heavy atom. The molecule has 0 saturated carbocycles. The minimum Gasteiger partial charge on any atom is -0.490 e. The maximum Gasteiger partial charge on any atom is 0.343 e. The highest BCUT2D eigenvalue weighted by atomic mass is 16.6. The summed E-state index contributed by atoms with van der Waals surface area (Å²) in [6.07, 6.45) is 1.54. The van der Waals surface area contributed by atoms with Gasteiger partial charge in [-0.3, -0.25) is 4.79 Å². The summed E-state index contributed by atoms with van der Waals surface area (Å²) in [5.41, 5.74) is 2.56. The molecule has 0 unspecified atom stereocenters. The molecular formula is C26H23N3O4. The lowest BCUT2D eigenvalue weighted by Gasteiger charge is -2.11. The van der Waals surface area contributed by atoms with Crippen LogP contribution in [0.3, 0.4) is 0 Å². The molecule has 4 aromatic rings. The number of aryl methyl sites for hydroxylation is 2. The van der Waals surface area contributed by atoms with Crippen LogP contribution in [-0.2, 0) is 0 Å². The van der Waals surface area contributed by atoms with E-state index in [-0.39, 0.29) is 5.56 Å². The second-order valence-corrected chi connectivity index (χ2v) is 7.43. The Bertz CT molecular complexity index is 1410. The summed E-state index contributed by atoms with van der Waals surface area (Å²) in [5, 5.41) is 4.82. The van der Waals surface area contributed by atoms with Gasteiger partial charge >= 0.3 is 5.97 Å². The fourth-order valence-corrected chi connectivity index (χ4v) is 3.30. The highest BCUT2D eigenvalue weighted by Gasteiger charge is 2.13. The molecule has 0 aliphatic rings. The van der Waals surface area contributed by atoms with Crippen LogP contribution in [0.1, 0.15) is 34.2 Å². The fourth-order valence-electron chi connectivity index (χ4n) is 3.30. The molecule has 4 rings (SSSR count). The Balaban J connectivity index is 1.62. The topological polar surface area (TPSA) is 82.8 Å². The van der Waals surface area contributed by atoms with Crippen LogP contribution in [0, 0.1) is 13.8 Å². The number of carbonyl (C=O) groups is 1. The van der Waals surface area contributed by atoms with Crippen LogP contribution in [0.4, 0.5) is 0 Å². The van der Waals surface area contributed by atoms with Crippen molar-refractivity contribution >= 4 is 23.1 Å². The van der Waals surface area contributed by atoms with E-state index >= 15 is 0 Å². The van der Waals surface area contributed by atoms with Crippen molar-refractivity contribution in [3.8, 4) is 11.5 Å². The third-order valence-corrected chi connectivity index (χ3v) is 5.00. The average Bonchev–Trinajstić information content (AvgIpc) is 2.81. The zero-order valence-corrected chi connectivity index (χ0v) is 18.6. The molecule has 0 N–H and O–H groups in total. The van der Waals surface area contributed by atoms with E-state index in [2.05, 4.69) is 10.1 Å². The molecule has 0 spiro atoms. The molecule has 0 bridgehead atoms. The van der Waals surface area contributed by atoms with Gasteiger partial charge in [-0.05, 0) is 68.8 Å². The highest BCUT2D eigenvalue weighted by molar-refractivity contribution is 5.91. The van der Waals surface area contributed by atoms with Gasteiger partial charge in [0.1, 0.15) is 5.82 Å². The summed E-state index contributed by atoms with van der Waals surface area (Å²) in [6, 6.07) is 19.4. The largest absolute Gasteiger partial charge is 0.490 e. The normalized spacial score (nSPS) is 11.1. The van der Waals surface area contributed by atoms with Crippen molar-refractivity contribution in [1.82, 2.24) is 9.66 Å². The molecule has 0 amide bonds. The van der Waals surface area contributed by atoms with Gasteiger partial charge in [0.25, 0.3) is 5.56 Å². The number of hydrogen-bond donors (Lipinski definition) is 0. The van der Waals surface area contributed by atoms with Crippen LogP contribution in [0.25, 0.3) is 10.9 Å². The number of hydrogen-bond acceptors (Lipinski definition) is 6. The van der Waals surface area contributed by atoms with Gasteiger partial charge in [0.2, 0.25) is 0 Å². The standard InChI is InChI=1S/C26H23N3O4/c1-4-32-24-15-19(11-14-23(24)33-26(31)20-12-9-17(2)10-13-20)16-27-29-18(3)28-22-8-6-5-7-21(22)25(29)30/h5-16H,4H2,1-3H3. The molecule has 7 nitrogen and oxygen atoms in total. The molecule has 7 heteroatoms. The van der Waals surface area contributed by atoms with Gasteiger partial charge in [0, 0.05) is 0 Å². The van der Waals surface area contributed by atoms with Crippen LogP contribution >= 0.6 is 0 Å². The molecule has 0 radical (unpaired) electrons. The van der Waals surface area contributed by atoms with E-state index in [0.29, 0.717) is 46.0 Å². The quantitative estimate of drug-likeness (QED) is 0.250. The first-order valence-corrected chi connectivity index (χ1v) is 10.5. The summed E-state index contributed by atoms with van der Waals surface area (Å²) in [4.78, 5) is 29.8. The Morgan fingerprint density at radius 1 is 1.03 bits per heavy atom. The summed E-state index contributed by atoms with van der Waals surface area (Å²) in [5.74, 6) is 0.716. The Kier molecular flexibility index (Phi) is 6.31. The van der Waals surface area contributed by atoms with Gasteiger partial charge in [-0.1, -0.05) is 29.8 Å². The lowest BCUT2D eigenvalue weighted by molar-refractivity contribution is 0.0728. The van der Waals surface area contributed by atoms with Crippen LogP contribution in [0.2, 0.25) is 0 Å². The van der Waals surface area contributed by atoms with Crippen LogP contribution in [-0.4, -0.2) is 28.5 Å². The molecule has 33 heavy (non-hydrogen) atoms. The lowest BCUT2D eigenvalue weighted by Crippen LogP contribution is -2.20. The maximum absolute atomic E-state index is 12.8. The van der Waals surface area contributed by atoms with E-state index in [9.17, 15) is 9.59 Å². The van der Waals surface area contributed by atoms with Gasteiger partial charge in [-0.2, -0.15) is 9.78 Å². The molecule has 0 aliphatic carbocycles. The number of esters is 1. The average molecular weight is 441 g/mol. The molecule has 1 heterocycles. The SMILES string of the molecule is CCOc1cc(C=Nn2c(C)nc3ccccc3c2=O)ccc1OC(=O)c1ccc(C)cc1. The first-order chi connectivity index (χ1) is 16.0. The number of rotatable bonds is 6. The first kappa shape index (κ1) is 22.0. The zero-order chi connectivity index (χ0) is 23.4. The number of aromatic nitrogens is 2. The molecular weight excluding hydrogens is 418 g/mol. The molecule has 0 fully saturated rings. The van der Waals surface area contributed by atoms with E-state index in [1.807, 2.05) is 32.0 Å². The van der Waals surface area contributed by atoms with Crippen LogP contribution < -0.4 is 15.0 Å². The molecule has 0 aliphatic heterocycles. The lowest BCUT2D eigenvalue weighted by atomic mass is 10.1. The van der Waals surface area contributed by atoms with Gasteiger partial charge in [-0.25, -0.2) is 9.78 Å². The monoisotopic (exact) mass is 441 g/mol. The van der Waals surface area contributed by atoms with Crippen molar-refractivity contribution in [1.29, 1.82) is 0 Å². The molecule has 3 aromatic carbocycles. The highest BCUT2D eigenvalue weighted by Crippen LogP contribution is 2.29. The zero-order valence-electron chi connectivity index (χ0n) is 18.6. The summed E-state index contributed by atoms with van der Waals surface area (Å²) in [6.45, 7) is 5.91. The van der Waals surface area contributed by atoms with Crippen molar-refractivity contribution < 1.29 is 14.3 Å². The van der Waals surface area contributed by atoms with Crippen molar-refractivity contribution in [2.45, 2.75) is 20.8 Å². The summed E-state index contributed by atoms with van der Waals surface area (Å²) >= 11 is 0. The van der Waals surface area contributed by atoms with Gasteiger partial charge < -0.3 is 9.47 Å². The molecule has 0 atom stereocenters. The smallest absolute Gasteiger partial charge is 0.343 e. The third kappa shape index (κ3) is 4.82. The molecule has 0 saturated heterocycles. The van der Waals surface area contributed by atoms with Crippen LogP contribution in [0.5, 0.6) is 11.5 Å². The van der Waals surface area contributed by atoms with E-state index in [0.717, 1.165) is 5.56 Å². The predicted octanol–water partition coefficient (Wildman–Crippen LogP) is 4.51. The van der Waals surface area contributed by atoms with Gasteiger partial charge in [-0.15, -0.1) is 0 Å². The number of carbonyl (C=O) groups excluding carboxylic acids is 1. The Morgan fingerprint density at radius 2 is 1.79 bits per heavy atom. The van der Waals surface area contributed by atoms with Gasteiger partial charge in [0.05, 0.1) is 29.3 Å². The van der Waals surface area contributed by atoms with E-state index in [4.69, 9.17) is 9.47 Å². The molecule has 1 aromatic heterocycles.